The number of fused-ring (bicyclic) bond motifs is 3. The second-order valence-corrected chi connectivity index (χ2v) is 9.21. The number of nitrogens with zero attached hydrogens (tertiary/aromatic N) is 2. The van der Waals surface area contributed by atoms with Crippen LogP contribution in [0.15, 0.2) is 18.2 Å². The number of hydrogen-bond donors (Lipinski definition) is 0. The molecule has 2 heterocycles. The molecule has 0 aromatic heterocycles. The van der Waals surface area contributed by atoms with Gasteiger partial charge in [-0.1, -0.05) is 11.6 Å². The van der Waals surface area contributed by atoms with E-state index >= 15 is 0 Å². The summed E-state index contributed by atoms with van der Waals surface area (Å²) in [6.07, 6.45) is 3.00. The van der Waals surface area contributed by atoms with Gasteiger partial charge in [0.25, 0.3) is 0 Å². The van der Waals surface area contributed by atoms with E-state index in [1.54, 1.807) is 6.92 Å². The molecule has 6 nitrogen and oxygen atoms in total. The van der Waals surface area contributed by atoms with Crippen molar-refractivity contribution in [1.82, 2.24) is 9.80 Å². The van der Waals surface area contributed by atoms with Crippen LogP contribution in [0.1, 0.15) is 48.5 Å². The molecule has 0 N–H and O–H groups in total. The first-order valence-corrected chi connectivity index (χ1v) is 10.8. The molecule has 1 aromatic carbocycles. The Morgan fingerprint density at radius 3 is 2.69 bits per heavy atom. The number of aryl methyl sites for hydroxylation is 1. The minimum Gasteiger partial charge on any atom is -0.486 e. The molecule has 0 unspecified atom stereocenters. The SMILES string of the molecule is CC(=O)N1CCCN(C(=O)[C@@H]2[C@@H]3CC[C@@]4(CC(=O)c5cc(C)ccc5O4)[C@@H]32)CC1. The zero-order valence-corrected chi connectivity index (χ0v) is 17.1. The van der Waals surface area contributed by atoms with Crippen molar-refractivity contribution < 1.29 is 19.1 Å². The summed E-state index contributed by atoms with van der Waals surface area (Å²) >= 11 is 0. The van der Waals surface area contributed by atoms with Crippen molar-refractivity contribution in [2.45, 2.75) is 45.1 Å². The van der Waals surface area contributed by atoms with Crippen LogP contribution in [0, 0.1) is 24.7 Å². The summed E-state index contributed by atoms with van der Waals surface area (Å²) in [5, 5.41) is 0. The zero-order valence-electron chi connectivity index (χ0n) is 17.1. The van der Waals surface area contributed by atoms with Gasteiger partial charge in [-0.2, -0.15) is 0 Å². The number of ether oxygens (including phenoxy) is 1. The monoisotopic (exact) mass is 396 g/mol. The van der Waals surface area contributed by atoms with Crippen LogP contribution in [0.3, 0.4) is 0 Å². The molecule has 154 valence electrons. The van der Waals surface area contributed by atoms with Gasteiger partial charge in [0.15, 0.2) is 5.78 Å². The standard InChI is InChI=1S/C23H28N2O4/c1-14-4-5-19-17(12-14)18(27)13-23(29-19)7-6-16-20(21(16)23)22(28)25-9-3-8-24(10-11-25)15(2)26/h4-5,12,16,20-21H,3,6-11,13H2,1-2H3/t16-,20+,21-,23+/m0/s1. The largest absolute Gasteiger partial charge is 0.486 e. The van der Waals surface area contributed by atoms with Crippen molar-refractivity contribution in [3.05, 3.63) is 29.3 Å². The maximum absolute atomic E-state index is 13.3. The molecule has 0 radical (unpaired) electrons. The number of ketones is 1. The summed E-state index contributed by atoms with van der Waals surface area (Å²) in [6, 6.07) is 5.79. The lowest BCUT2D eigenvalue weighted by Crippen LogP contribution is -2.45. The Morgan fingerprint density at radius 2 is 1.90 bits per heavy atom. The minimum atomic E-state index is -0.512. The predicted octanol–water partition coefficient (Wildman–Crippen LogP) is 2.44. The molecule has 1 spiro atoms. The summed E-state index contributed by atoms with van der Waals surface area (Å²) in [5.41, 5.74) is 1.22. The Morgan fingerprint density at radius 1 is 1.14 bits per heavy atom. The molecule has 6 heteroatoms. The van der Waals surface area contributed by atoms with E-state index in [2.05, 4.69) is 0 Å². The van der Waals surface area contributed by atoms with Crippen LogP contribution < -0.4 is 4.74 Å². The first kappa shape index (κ1) is 18.6. The fraction of sp³-hybridized carbons (Fsp3) is 0.609. The highest BCUT2D eigenvalue weighted by Gasteiger charge is 2.71. The number of amides is 2. The fourth-order valence-electron chi connectivity index (χ4n) is 5.93. The van der Waals surface area contributed by atoms with E-state index in [0.717, 1.165) is 24.8 Å². The molecular formula is C23H28N2O4. The van der Waals surface area contributed by atoms with Gasteiger partial charge in [-0.05, 0) is 44.2 Å². The highest BCUT2D eigenvalue weighted by atomic mass is 16.5. The molecule has 4 atom stereocenters. The Hall–Kier alpha value is -2.37. The average molecular weight is 396 g/mol. The highest BCUT2D eigenvalue weighted by molar-refractivity contribution is 6.01. The number of rotatable bonds is 1. The van der Waals surface area contributed by atoms with Crippen LogP contribution in [0.2, 0.25) is 0 Å². The molecule has 3 fully saturated rings. The van der Waals surface area contributed by atoms with E-state index in [-0.39, 0.29) is 29.4 Å². The smallest absolute Gasteiger partial charge is 0.226 e. The van der Waals surface area contributed by atoms with Gasteiger partial charge >= 0.3 is 0 Å². The van der Waals surface area contributed by atoms with Gasteiger partial charge in [0.1, 0.15) is 11.4 Å². The third kappa shape index (κ3) is 2.95. The summed E-state index contributed by atoms with van der Waals surface area (Å²) in [6.45, 7) is 6.19. The normalized spacial score (nSPS) is 33.0. The Kier molecular flexibility index (Phi) is 4.23. The first-order chi connectivity index (χ1) is 13.9. The second kappa shape index (κ2) is 6.57. The van der Waals surface area contributed by atoms with Gasteiger partial charge in [0.2, 0.25) is 11.8 Å². The van der Waals surface area contributed by atoms with Crippen LogP contribution >= 0.6 is 0 Å². The van der Waals surface area contributed by atoms with Crippen molar-refractivity contribution in [2.24, 2.45) is 17.8 Å². The quantitative estimate of drug-likeness (QED) is 0.731. The summed E-state index contributed by atoms with van der Waals surface area (Å²) in [7, 11) is 0. The van der Waals surface area contributed by atoms with Crippen molar-refractivity contribution in [3.8, 4) is 5.75 Å². The van der Waals surface area contributed by atoms with Gasteiger partial charge < -0.3 is 14.5 Å². The molecule has 2 aliphatic heterocycles. The molecule has 2 saturated carbocycles. The van der Waals surface area contributed by atoms with Crippen molar-refractivity contribution in [1.29, 1.82) is 0 Å². The fourth-order valence-corrected chi connectivity index (χ4v) is 5.93. The minimum absolute atomic E-state index is 0.0348. The molecule has 0 bridgehead atoms. The molecular weight excluding hydrogens is 368 g/mol. The molecule has 4 aliphatic rings. The zero-order chi connectivity index (χ0) is 20.3. The van der Waals surface area contributed by atoms with E-state index in [4.69, 9.17) is 4.74 Å². The second-order valence-electron chi connectivity index (χ2n) is 9.21. The summed E-state index contributed by atoms with van der Waals surface area (Å²) in [4.78, 5) is 41.6. The maximum Gasteiger partial charge on any atom is 0.226 e. The van der Waals surface area contributed by atoms with E-state index in [0.29, 0.717) is 49.8 Å². The molecule has 2 aliphatic carbocycles. The van der Waals surface area contributed by atoms with Gasteiger partial charge in [-0.25, -0.2) is 0 Å². The van der Waals surface area contributed by atoms with E-state index in [1.807, 2.05) is 34.9 Å². The third-order valence-corrected chi connectivity index (χ3v) is 7.42. The van der Waals surface area contributed by atoms with Gasteiger partial charge in [0, 0.05) is 44.9 Å². The summed E-state index contributed by atoms with van der Waals surface area (Å²) < 4.78 is 6.46. The van der Waals surface area contributed by atoms with Crippen LogP contribution in [0.4, 0.5) is 0 Å². The number of benzene rings is 1. The maximum atomic E-state index is 13.3. The lowest BCUT2D eigenvalue weighted by atomic mass is 9.84. The van der Waals surface area contributed by atoms with Crippen LogP contribution in [-0.4, -0.2) is 59.2 Å². The predicted molar refractivity (Wildman–Crippen MR) is 107 cm³/mol. The first-order valence-electron chi connectivity index (χ1n) is 10.8. The van der Waals surface area contributed by atoms with Crippen LogP contribution in [-0.2, 0) is 9.59 Å². The van der Waals surface area contributed by atoms with Crippen LogP contribution in [0.25, 0.3) is 0 Å². The van der Waals surface area contributed by atoms with Gasteiger partial charge in [-0.3, -0.25) is 14.4 Å². The van der Waals surface area contributed by atoms with Gasteiger partial charge in [-0.15, -0.1) is 0 Å². The van der Waals surface area contributed by atoms with Crippen molar-refractivity contribution in [2.75, 3.05) is 26.2 Å². The number of hydrogen-bond acceptors (Lipinski definition) is 4. The molecule has 2 amide bonds. The Labute approximate surface area is 171 Å². The number of carbonyl (C=O) groups is 3. The van der Waals surface area contributed by atoms with Gasteiger partial charge in [0.05, 0.1) is 12.0 Å². The van der Waals surface area contributed by atoms with E-state index in [9.17, 15) is 14.4 Å². The molecule has 29 heavy (non-hydrogen) atoms. The third-order valence-electron chi connectivity index (χ3n) is 7.42. The van der Waals surface area contributed by atoms with E-state index in [1.165, 1.54) is 0 Å². The topological polar surface area (TPSA) is 66.9 Å². The van der Waals surface area contributed by atoms with Crippen LogP contribution in [0.5, 0.6) is 5.75 Å². The van der Waals surface area contributed by atoms with Crippen molar-refractivity contribution >= 4 is 17.6 Å². The van der Waals surface area contributed by atoms with E-state index < -0.39 is 5.60 Å². The molecule has 1 aromatic rings. The van der Waals surface area contributed by atoms with Crippen molar-refractivity contribution in [3.63, 3.8) is 0 Å². The lowest BCUT2D eigenvalue weighted by Gasteiger charge is -2.37. The average Bonchev–Trinajstić information content (AvgIpc) is 3.39. The molecule has 1 saturated heterocycles. The highest BCUT2D eigenvalue weighted by Crippen LogP contribution is 2.66. The Balaban J connectivity index is 1.32. The number of carbonyl (C=O) groups excluding carboxylic acids is 3. The number of Topliss-reactive ketones (excluding diaryl/α,β-unsaturated/α-hetero) is 1. The Bertz CT molecular complexity index is 897. The molecule has 5 rings (SSSR count). The summed E-state index contributed by atoms with van der Waals surface area (Å²) in [5.74, 6) is 1.51. The lowest BCUT2D eigenvalue weighted by molar-refractivity contribution is -0.135.